The summed E-state index contributed by atoms with van der Waals surface area (Å²) in [6.07, 6.45) is 2.42. The lowest BCUT2D eigenvalue weighted by atomic mass is 9.64. The van der Waals surface area contributed by atoms with Gasteiger partial charge >= 0.3 is 0 Å². The fourth-order valence-corrected chi connectivity index (χ4v) is 2.43. The molecule has 0 aromatic carbocycles. The first-order valence-corrected chi connectivity index (χ1v) is 6.66. The zero-order chi connectivity index (χ0) is 12.9. The van der Waals surface area contributed by atoms with Crippen LogP contribution >= 0.6 is 0 Å². The summed E-state index contributed by atoms with van der Waals surface area (Å²) in [6.45, 7) is 13.4. The van der Waals surface area contributed by atoms with E-state index in [4.69, 9.17) is 10.5 Å². The van der Waals surface area contributed by atoms with Crippen molar-refractivity contribution in [1.82, 2.24) is 5.32 Å². The van der Waals surface area contributed by atoms with Crippen molar-refractivity contribution >= 4 is 0 Å². The van der Waals surface area contributed by atoms with Crippen LogP contribution in [0.2, 0.25) is 0 Å². The molecule has 0 aromatic rings. The van der Waals surface area contributed by atoms with Gasteiger partial charge in [0, 0.05) is 18.6 Å². The molecule has 1 aliphatic rings. The maximum Gasteiger partial charge on any atom is 0.0672 e. The van der Waals surface area contributed by atoms with Crippen molar-refractivity contribution in [2.24, 2.45) is 17.6 Å². The Hall–Kier alpha value is -0.380. The maximum absolute atomic E-state index is 5.88. The van der Waals surface area contributed by atoms with Crippen LogP contribution in [0.15, 0.2) is 12.2 Å². The number of nitrogens with two attached hydrogens (primary N) is 1. The van der Waals surface area contributed by atoms with Crippen molar-refractivity contribution in [2.45, 2.75) is 39.2 Å². The van der Waals surface area contributed by atoms with Crippen LogP contribution in [0, 0.1) is 11.8 Å². The average Bonchev–Trinajstić information content (AvgIpc) is 2.19. The first-order chi connectivity index (χ1) is 7.99. The highest BCUT2D eigenvalue weighted by atomic mass is 16.5. The number of hydrogen-bond acceptors (Lipinski definition) is 3. The summed E-state index contributed by atoms with van der Waals surface area (Å²) in [5.41, 5.74) is 7.13. The van der Waals surface area contributed by atoms with Crippen molar-refractivity contribution in [3.8, 4) is 0 Å². The second-order valence-electron chi connectivity index (χ2n) is 5.83. The molecule has 0 radical (unpaired) electrons. The van der Waals surface area contributed by atoms with Crippen LogP contribution in [0.3, 0.4) is 0 Å². The van der Waals surface area contributed by atoms with Gasteiger partial charge in [0.05, 0.1) is 13.2 Å². The zero-order valence-corrected chi connectivity index (χ0v) is 11.6. The second kappa shape index (κ2) is 6.53. The Bertz CT molecular complexity index is 245. The van der Waals surface area contributed by atoms with Gasteiger partial charge in [-0.1, -0.05) is 26.0 Å². The van der Waals surface area contributed by atoms with Crippen LogP contribution in [0.4, 0.5) is 0 Å². The molecule has 3 heteroatoms. The highest BCUT2D eigenvalue weighted by Gasteiger charge is 2.43. The monoisotopic (exact) mass is 240 g/mol. The van der Waals surface area contributed by atoms with E-state index in [1.807, 2.05) is 6.92 Å². The summed E-state index contributed by atoms with van der Waals surface area (Å²) in [5.74, 6) is 1.61. The third-order valence-corrected chi connectivity index (χ3v) is 3.73. The van der Waals surface area contributed by atoms with Crippen LogP contribution in [0.25, 0.3) is 0 Å². The summed E-state index contributed by atoms with van der Waals surface area (Å²) >= 11 is 0. The first-order valence-electron chi connectivity index (χ1n) is 6.66. The van der Waals surface area contributed by atoms with Crippen LogP contribution in [0.1, 0.15) is 33.6 Å². The van der Waals surface area contributed by atoms with Crippen LogP contribution in [-0.4, -0.2) is 31.8 Å². The van der Waals surface area contributed by atoms with Crippen molar-refractivity contribution in [3.63, 3.8) is 0 Å². The Morgan fingerprint density at radius 3 is 2.65 bits per heavy atom. The van der Waals surface area contributed by atoms with Gasteiger partial charge in [0.2, 0.25) is 0 Å². The SMILES string of the molecule is C=C(C)COCCNC1(CN)CC(C(C)C)C1. The molecule has 1 rings (SSSR count). The minimum Gasteiger partial charge on any atom is -0.376 e. The number of rotatable bonds is 8. The molecule has 3 nitrogen and oxygen atoms in total. The Labute approximate surface area is 106 Å². The lowest BCUT2D eigenvalue weighted by molar-refractivity contribution is 0.0647. The predicted octanol–water partition coefficient (Wildman–Crippen LogP) is 1.93. The van der Waals surface area contributed by atoms with Crippen LogP contribution in [0.5, 0.6) is 0 Å². The molecule has 0 saturated heterocycles. The molecule has 1 aliphatic carbocycles. The third kappa shape index (κ3) is 4.41. The van der Waals surface area contributed by atoms with Crippen LogP contribution in [-0.2, 0) is 4.74 Å². The average molecular weight is 240 g/mol. The van der Waals surface area contributed by atoms with Gasteiger partial charge in [-0.2, -0.15) is 0 Å². The van der Waals surface area contributed by atoms with Gasteiger partial charge in [-0.25, -0.2) is 0 Å². The van der Waals surface area contributed by atoms with Crippen molar-refractivity contribution < 1.29 is 4.74 Å². The van der Waals surface area contributed by atoms with Crippen molar-refractivity contribution in [1.29, 1.82) is 0 Å². The fourth-order valence-electron chi connectivity index (χ4n) is 2.43. The van der Waals surface area contributed by atoms with Gasteiger partial charge < -0.3 is 15.8 Å². The summed E-state index contributed by atoms with van der Waals surface area (Å²) in [7, 11) is 0. The molecule has 0 heterocycles. The molecule has 0 bridgehead atoms. The van der Waals surface area contributed by atoms with Crippen molar-refractivity contribution in [3.05, 3.63) is 12.2 Å². The fraction of sp³-hybridized carbons (Fsp3) is 0.857. The highest BCUT2D eigenvalue weighted by Crippen LogP contribution is 2.41. The molecule has 0 aromatic heterocycles. The van der Waals surface area contributed by atoms with Gasteiger partial charge in [-0.15, -0.1) is 0 Å². The third-order valence-electron chi connectivity index (χ3n) is 3.73. The van der Waals surface area contributed by atoms with E-state index in [9.17, 15) is 0 Å². The predicted molar refractivity (Wildman–Crippen MR) is 73.0 cm³/mol. The molecule has 0 spiro atoms. The standard InChI is InChI=1S/C14H28N2O/c1-11(2)9-17-6-5-16-14(10-15)7-13(8-14)12(3)4/h12-13,16H,1,5-10,15H2,2-4H3. The van der Waals surface area contributed by atoms with E-state index >= 15 is 0 Å². The molecule has 1 saturated carbocycles. The molecule has 0 aliphatic heterocycles. The van der Waals surface area contributed by atoms with E-state index in [-0.39, 0.29) is 5.54 Å². The summed E-state index contributed by atoms with van der Waals surface area (Å²) in [6, 6.07) is 0. The molecule has 17 heavy (non-hydrogen) atoms. The van der Waals surface area contributed by atoms with E-state index in [0.717, 1.165) is 37.1 Å². The van der Waals surface area contributed by atoms with E-state index in [1.165, 1.54) is 12.8 Å². The maximum atomic E-state index is 5.88. The topological polar surface area (TPSA) is 47.3 Å². The molecule has 0 amide bonds. The summed E-state index contributed by atoms with van der Waals surface area (Å²) in [5, 5.41) is 3.56. The molecule has 3 N–H and O–H groups in total. The van der Waals surface area contributed by atoms with E-state index in [2.05, 4.69) is 25.7 Å². The number of hydrogen-bond donors (Lipinski definition) is 2. The lowest BCUT2D eigenvalue weighted by Crippen LogP contribution is -2.61. The van der Waals surface area contributed by atoms with Gasteiger partial charge in [0.1, 0.15) is 0 Å². The molecule has 1 fully saturated rings. The van der Waals surface area contributed by atoms with E-state index in [1.54, 1.807) is 0 Å². The van der Waals surface area contributed by atoms with Gasteiger partial charge in [0.15, 0.2) is 0 Å². The normalized spacial score (nSPS) is 28.2. The first kappa shape index (κ1) is 14.7. The zero-order valence-electron chi connectivity index (χ0n) is 11.6. The quantitative estimate of drug-likeness (QED) is 0.503. The highest BCUT2D eigenvalue weighted by molar-refractivity contribution is 5.02. The van der Waals surface area contributed by atoms with E-state index < -0.39 is 0 Å². The Morgan fingerprint density at radius 2 is 2.18 bits per heavy atom. The summed E-state index contributed by atoms with van der Waals surface area (Å²) in [4.78, 5) is 0. The van der Waals surface area contributed by atoms with Gasteiger partial charge in [-0.05, 0) is 31.6 Å². The van der Waals surface area contributed by atoms with Crippen LogP contribution < -0.4 is 11.1 Å². The van der Waals surface area contributed by atoms with E-state index in [0.29, 0.717) is 6.61 Å². The Balaban J connectivity index is 2.15. The van der Waals surface area contributed by atoms with Gasteiger partial charge in [-0.3, -0.25) is 0 Å². The molecule has 0 unspecified atom stereocenters. The van der Waals surface area contributed by atoms with Crippen molar-refractivity contribution in [2.75, 3.05) is 26.3 Å². The molecule has 100 valence electrons. The largest absolute Gasteiger partial charge is 0.376 e. The number of ether oxygens (including phenoxy) is 1. The second-order valence-corrected chi connectivity index (χ2v) is 5.83. The molecular weight excluding hydrogens is 212 g/mol. The van der Waals surface area contributed by atoms with Gasteiger partial charge in [0.25, 0.3) is 0 Å². The Kier molecular flexibility index (Phi) is 5.63. The minimum absolute atomic E-state index is 0.182. The molecule has 0 atom stereocenters. The lowest BCUT2D eigenvalue weighted by Gasteiger charge is -2.49. The minimum atomic E-state index is 0.182. The smallest absolute Gasteiger partial charge is 0.0672 e. The Morgan fingerprint density at radius 1 is 1.53 bits per heavy atom. The summed E-state index contributed by atoms with van der Waals surface area (Å²) < 4.78 is 5.47. The number of nitrogens with one attached hydrogen (secondary N) is 1. The molecular formula is C14H28N2O.